The van der Waals surface area contributed by atoms with Gasteiger partial charge in [-0.1, -0.05) is 12.2 Å². The van der Waals surface area contributed by atoms with Gasteiger partial charge in [0, 0.05) is 16.7 Å². The highest BCUT2D eigenvalue weighted by Gasteiger charge is 2.29. The van der Waals surface area contributed by atoms with Crippen LogP contribution in [0.4, 0.5) is 0 Å². The second kappa shape index (κ2) is 9.72. The van der Waals surface area contributed by atoms with Gasteiger partial charge in [0.15, 0.2) is 5.78 Å². The van der Waals surface area contributed by atoms with Crippen molar-refractivity contribution in [2.75, 3.05) is 13.2 Å². The summed E-state index contributed by atoms with van der Waals surface area (Å²) in [6.07, 6.45) is 11.6. The van der Waals surface area contributed by atoms with Gasteiger partial charge in [-0.15, -0.1) is 6.58 Å². The van der Waals surface area contributed by atoms with E-state index in [1.165, 1.54) is 0 Å². The smallest absolute Gasteiger partial charge is 0.311 e. The third-order valence-corrected chi connectivity index (χ3v) is 5.08. The van der Waals surface area contributed by atoms with Gasteiger partial charge >= 0.3 is 5.97 Å². The molecule has 0 saturated heterocycles. The van der Waals surface area contributed by atoms with Gasteiger partial charge in [-0.3, -0.25) is 9.59 Å². The van der Waals surface area contributed by atoms with Gasteiger partial charge in [0.25, 0.3) is 0 Å². The van der Waals surface area contributed by atoms with E-state index in [0.29, 0.717) is 19.6 Å². The van der Waals surface area contributed by atoms with Crippen LogP contribution in [0.1, 0.15) is 65.7 Å². The molecule has 0 bridgehead atoms. The van der Waals surface area contributed by atoms with Gasteiger partial charge in [-0.25, -0.2) is 0 Å². The number of carbonyl (C=O) groups is 2. The summed E-state index contributed by atoms with van der Waals surface area (Å²) in [4.78, 5) is 24.3. The Morgan fingerprint density at radius 2 is 2.11 bits per heavy atom. The zero-order chi connectivity index (χ0) is 19.9. The summed E-state index contributed by atoms with van der Waals surface area (Å²) >= 11 is 0. The van der Waals surface area contributed by atoms with Crippen LogP contribution in [0.25, 0.3) is 0 Å². The van der Waals surface area contributed by atoms with E-state index in [1.54, 1.807) is 6.08 Å². The lowest BCUT2D eigenvalue weighted by atomic mass is 9.83. The highest BCUT2D eigenvalue weighted by atomic mass is 16.5. The van der Waals surface area contributed by atoms with Crippen molar-refractivity contribution in [3.05, 3.63) is 47.3 Å². The summed E-state index contributed by atoms with van der Waals surface area (Å²) < 4.78 is 11.3. The lowest BCUT2D eigenvalue weighted by molar-refractivity contribution is -0.153. The number of ether oxygens (including phenoxy) is 2. The first-order valence-electron chi connectivity index (χ1n) is 10.0. The van der Waals surface area contributed by atoms with Crippen LogP contribution in [0.15, 0.2) is 47.3 Å². The molecule has 148 valence electrons. The zero-order valence-electron chi connectivity index (χ0n) is 16.9. The minimum Gasteiger partial charge on any atom is -0.493 e. The molecule has 0 aliphatic heterocycles. The number of hydrogen-bond donors (Lipinski definition) is 0. The summed E-state index contributed by atoms with van der Waals surface area (Å²) in [5, 5.41) is 0. The molecule has 2 aliphatic carbocycles. The lowest BCUT2D eigenvalue weighted by Gasteiger charge is -2.26. The summed E-state index contributed by atoms with van der Waals surface area (Å²) in [5.74, 6) is 0.810. The summed E-state index contributed by atoms with van der Waals surface area (Å²) in [7, 11) is 0. The normalized spacial score (nSPS) is 17.1. The minimum atomic E-state index is -0.470. The molecule has 4 heteroatoms. The third-order valence-electron chi connectivity index (χ3n) is 5.08. The highest BCUT2D eigenvalue weighted by molar-refractivity contribution is 6.09. The lowest BCUT2D eigenvalue weighted by Crippen LogP contribution is -2.26. The largest absolute Gasteiger partial charge is 0.493 e. The molecule has 0 atom stereocenters. The molecular formula is C23H32O4. The summed E-state index contributed by atoms with van der Waals surface area (Å²) in [6, 6.07) is 0. The van der Waals surface area contributed by atoms with Gasteiger partial charge in [0.1, 0.15) is 5.76 Å². The predicted molar refractivity (Wildman–Crippen MR) is 107 cm³/mol. The van der Waals surface area contributed by atoms with E-state index in [0.717, 1.165) is 61.0 Å². The fraction of sp³-hybridized carbons (Fsp3) is 0.565. The predicted octanol–water partition coefficient (Wildman–Crippen LogP) is 5.21. The zero-order valence-corrected chi connectivity index (χ0v) is 16.9. The van der Waals surface area contributed by atoms with E-state index in [2.05, 4.69) is 6.58 Å². The van der Waals surface area contributed by atoms with Crippen LogP contribution < -0.4 is 0 Å². The first-order valence-corrected chi connectivity index (χ1v) is 10.0. The summed E-state index contributed by atoms with van der Waals surface area (Å²) in [6.45, 7) is 10.5. The SMILES string of the molecule is C=CCC1=CC(=O)C2=CCCCC2=C1OCCCCC(C)(C)C(=O)OCC. The van der Waals surface area contributed by atoms with Crippen molar-refractivity contribution in [1.82, 2.24) is 0 Å². The van der Waals surface area contributed by atoms with Crippen LogP contribution >= 0.6 is 0 Å². The second-order valence-corrected chi connectivity index (χ2v) is 7.75. The Morgan fingerprint density at radius 1 is 1.33 bits per heavy atom. The van der Waals surface area contributed by atoms with Crippen LogP contribution in [0.2, 0.25) is 0 Å². The average molecular weight is 373 g/mol. The Bertz CT molecular complexity index is 676. The number of unbranched alkanes of at least 4 members (excludes halogenated alkanes) is 1. The van der Waals surface area contributed by atoms with E-state index >= 15 is 0 Å². The Hall–Kier alpha value is -2.10. The second-order valence-electron chi connectivity index (χ2n) is 7.75. The molecule has 0 N–H and O–H groups in total. The van der Waals surface area contributed by atoms with Crippen LogP contribution in [-0.4, -0.2) is 25.0 Å². The van der Waals surface area contributed by atoms with Crippen molar-refractivity contribution < 1.29 is 19.1 Å². The molecule has 0 aromatic rings. The molecular weight excluding hydrogens is 340 g/mol. The number of fused-ring (bicyclic) bond motifs is 1. The van der Waals surface area contributed by atoms with Crippen LogP contribution in [0.3, 0.4) is 0 Å². The van der Waals surface area contributed by atoms with Gasteiger partial charge < -0.3 is 9.47 Å². The number of ketones is 1. The average Bonchev–Trinajstić information content (AvgIpc) is 2.64. The first kappa shape index (κ1) is 21.2. The fourth-order valence-electron chi connectivity index (χ4n) is 3.52. The molecule has 0 radical (unpaired) electrons. The Balaban J connectivity index is 1.95. The molecule has 0 unspecified atom stereocenters. The molecule has 0 aromatic carbocycles. The van der Waals surface area contributed by atoms with E-state index in [1.807, 2.05) is 32.9 Å². The quantitative estimate of drug-likeness (QED) is 0.300. The molecule has 2 rings (SSSR count). The third kappa shape index (κ3) is 5.44. The molecule has 0 spiro atoms. The van der Waals surface area contributed by atoms with Crippen molar-refractivity contribution in [2.24, 2.45) is 5.41 Å². The molecule has 0 aromatic heterocycles. The standard InChI is InChI=1S/C23H32O4/c1-5-11-17-16-20(24)18-12-7-8-13-19(18)21(17)27-15-10-9-14-23(3,4)22(25)26-6-2/h5,12,16H,1,6-11,13-15H2,2-4H3. The first-order chi connectivity index (χ1) is 12.9. The molecule has 2 aliphatic rings. The maximum absolute atomic E-state index is 12.4. The van der Waals surface area contributed by atoms with E-state index in [9.17, 15) is 9.59 Å². The monoisotopic (exact) mass is 372 g/mol. The number of carbonyl (C=O) groups excluding carboxylic acids is 2. The molecule has 0 saturated carbocycles. The number of allylic oxidation sites excluding steroid dienone is 6. The van der Waals surface area contributed by atoms with Gasteiger partial charge in [-0.2, -0.15) is 0 Å². The molecule has 0 heterocycles. The Morgan fingerprint density at radius 3 is 2.81 bits per heavy atom. The summed E-state index contributed by atoms with van der Waals surface area (Å²) in [5.41, 5.74) is 2.32. The number of hydrogen-bond acceptors (Lipinski definition) is 4. The van der Waals surface area contributed by atoms with Gasteiger partial charge in [0.2, 0.25) is 0 Å². The van der Waals surface area contributed by atoms with E-state index < -0.39 is 5.41 Å². The Kier molecular flexibility index (Phi) is 7.64. The van der Waals surface area contributed by atoms with Crippen molar-refractivity contribution >= 4 is 11.8 Å². The van der Waals surface area contributed by atoms with E-state index in [4.69, 9.17) is 9.47 Å². The van der Waals surface area contributed by atoms with Crippen molar-refractivity contribution in [1.29, 1.82) is 0 Å². The fourth-order valence-corrected chi connectivity index (χ4v) is 3.52. The highest BCUT2D eigenvalue weighted by Crippen LogP contribution is 2.36. The number of esters is 1. The van der Waals surface area contributed by atoms with Crippen LogP contribution in [-0.2, 0) is 19.1 Å². The molecule has 27 heavy (non-hydrogen) atoms. The van der Waals surface area contributed by atoms with Crippen molar-refractivity contribution in [3.8, 4) is 0 Å². The molecule has 0 amide bonds. The van der Waals surface area contributed by atoms with Gasteiger partial charge in [-0.05, 0) is 71.8 Å². The maximum atomic E-state index is 12.4. The minimum absolute atomic E-state index is 0.0880. The van der Waals surface area contributed by atoms with Crippen molar-refractivity contribution in [3.63, 3.8) is 0 Å². The van der Waals surface area contributed by atoms with Gasteiger partial charge in [0.05, 0.1) is 18.6 Å². The van der Waals surface area contributed by atoms with Crippen LogP contribution in [0.5, 0.6) is 0 Å². The Labute approximate surface area is 163 Å². The van der Waals surface area contributed by atoms with Crippen molar-refractivity contribution in [2.45, 2.75) is 65.7 Å². The molecule has 4 nitrogen and oxygen atoms in total. The van der Waals surface area contributed by atoms with E-state index in [-0.39, 0.29) is 11.8 Å². The maximum Gasteiger partial charge on any atom is 0.311 e. The van der Waals surface area contributed by atoms with Crippen LogP contribution in [0, 0.1) is 5.41 Å². The topological polar surface area (TPSA) is 52.6 Å². The molecule has 0 fully saturated rings. The number of rotatable bonds is 10.